The van der Waals surface area contributed by atoms with Crippen molar-refractivity contribution in [2.45, 2.75) is 25.9 Å². The minimum absolute atomic E-state index is 0.0674. The standard InChI is InChI=1S/C25H27N3O4/c1-17(19-10-7-11-20(14-19)32-3)27-25(31)22-16-28(13-12-18-8-5-4-6-9-18)15-21(23(22)29)24(30)26-2/h4-11,14-17H,12-13H2,1-3H3,(H,26,30)(H,27,31)/t17-/m1/s1. The van der Waals surface area contributed by atoms with Crippen LogP contribution in [0.1, 0.15) is 44.8 Å². The molecule has 0 fully saturated rings. The van der Waals surface area contributed by atoms with Gasteiger partial charge in [-0.2, -0.15) is 0 Å². The molecule has 0 bridgehead atoms. The lowest BCUT2D eigenvalue weighted by molar-refractivity contribution is 0.0938. The molecule has 0 aliphatic heterocycles. The van der Waals surface area contributed by atoms with Crippen molar-refractivity contribution >= 4 is 11.8 Å². The maximum atomic E-state index is 13.0. The molecule has 0 unspecified atom stereocenters. The van der Waals surface area contributed by atoms with Gasteiger partial charge in [-0.15, -0.1) is 0 Å². The van der Waals surface area contributed by atoms with Crippen LogP contribution in [0.25, 0.3) is 0 Å². The minimum atomic E-state index is -0.601. The molecule has 7 heteroatoms. The zero-order valence-electron chi connectivity index (χ0n) is 18.4. The molecule has 7 nitrogen and oxygen atoms in total. The highest BCUT2D eigenvalue weighted by Gasteiger charge is 2.20. The maximum Gasteiger partial charge on any atom is 0.257 e. The largest absolute Gasteiger partial charge is 0.497 e. The van der Waals surface area contributed by atoms with Crippen LogP contribution < -0.4 is 20.8 Å². The number of aryl methyl sites for hydroxylation is 2. The average Bonchev–Trinajstić information content (AvgIpc) is 2.83. The fourth-order valence-electron chi connectivity index (χ4n) is 3.39. The van der Waals surface area contributed by atoms with Crippen LogP contribution in [-0.2, 0) is 13.0 Å². The number of pyridine rings is 1. The van der Waals surface area contributed by atoms with E-state index in [1.807, 2.05) is 61.5 Å². The van der Waals surface area contributed by atoms with Gasteiger partial charge in [0.15, 0.2) is 0 Å². The van der Waals surface area contributed by atoms with Crippen molar-refractivity contribution in [2.75, 3.05) is 14.2 Å². The summed E-state index contributed by atoms with van der Waals surface area (Å²) in [5, 5.41) is 5.32. The highest BCUT2D eigenvalue weighted by Crippen LogP contribution is 2.19. The Labute approximate surface area is 187 Å². The molecular weight excluding hydrogens is 406 g/mol. The number of ether oxygens (including phenoxy) is 1. The molecule has 1 aromatic heterocycles. The van der Waals surface area contributed by atoms with E-state index < -0.39 is 17.2 Å². The van der Waals surface area contributed by atoms with Crippen molar-refractivity contribution in [2.24, 2.45) is 0 Å². The Morgan fingerprint density at radius 1 is 1.00 bits per heavy atom. The van der Waals surface area contributed by atoms with E-state index in [0.717, 1.165) is 11.1 Å². The first-order valence-electron chi connectivity index (χ1n) is 10.4. The van der Waals surface area contributed by atoms with E-state index in [0.29, 0.717) is 18.7 Å². The van der Waals surface area contributed by atoms with Crippen LogP contribution in [-0.4, -0.2) is 30.5 Å². The fourth-order valence-corrected chi connectivity index (χ4v) is 3.39. The summed E-state index contributed by atoms with van der Waals surface area (Å²) in [6.07, 6.45) is 3.69. The maximum absolute atomic E-state index is 13.0. The molecule has 3 rings (SSSR count). The summed E-state index contributed by atoms with van der Waals surface area (Å²) in [5.41, 5.74) is 1.21. The van der Waals surface area contributed by atoms with Crippen LogP contribution in [0.15, 0.2) is 71.8 Å². The van der Waals surface area contributed by atoms with E-state index >= 15 is 0 Å². The van der Waals surface area contributed by atoms with E-state index in [1.54, 1.807) is 11.7 Å². The highest BCUT2D eigenvalue weighted by molar-refractivity contribution is 5.99. The van der Waals surface area contributed by atoms with Crippen LogP contribution >= 0.6 is 0 Å². The Hall–Kier alpha value is -3.87. The fraction of sp³-hybridized carbons (Fsp3) is 0.240. The Bertz CT molecular complexity index is 1160. The number of carbonyl (C=O) groups is 2. The second-order valence-corrected chi connectivity index (χ2v) is 7.44. The van der Waals surface area contributed by atoms with Gasteiger partial charge in [0.1, 0.15) is 16.9 Å². The Balaban J connectivity index is 1.88. The summed E-state index contributed by atoms with van der Waals surface area (Å²) in [6.45, 7) is 2.34. The summed E-state index contributed by atoms with van der Waals surface area (Å²) in [5.74, 6) is -0.392. The van der Waals surface area contributed by atoms with E-state index in [9.17, 15) is 14.4 Å². The summed E-state index contributed by atoms with van der Waals surface area (Å²) in [7, 11) is 3.03. The molecule has 1 heterocycles. The van der Waals surface area contributed by atoms with Crippen LogP contribution in [0.3, 0.4) is 0 Å². The van der Waals surface area contributed by atoms with E-state index in [-0.39, 0.29) is 17.2 Å². The van der Waals surface area contributed by atoms with Crippen LogP contribution in [0, 0.1) is 0 Å². The lowest BCUT2D eigenvalue weighted by Gasteiger charge is -2.16. The summed E-state index contributed by atoms with van der Waals surface area (Å²) in [4.78, 5) is 38.2. The number of hydrogen-bond acceptors (Lipinski definition) is 4. The number of benzene rings is 2. The third kappa shape index (κ3) is 5.43. The van der Waals surface area contributed by atoms with Crippen molar-refractivity contribution in [3.05, 3.63) is 99.5 Å². The first-order valence-corrected chi connectivity index (χ1v) is 10.4. The molecule has 2 aromatic carbocycles. The van der Waals surface area contributed by atoms with Crippen molar-refractivity contribution in [1.82, 2.24) is 15.2 Å². The predicted molar refractivity (Wildman–Crippen MR) is 123 cm³/mol. The number of carbonyl (C=O) groups excluding carboxylic acids is 2. The van der Waals surface area contributed by atoms with Crippen LogP contribution in [0.2, 0.25) is 0 Å². The Morgan fingerprint density at radius 2 is 1.69 bits per heavy atom. The number of hydrogen-bond donors (Lipinski definition) is 2. The smallest absolute Gasteiger partial charge is 0.257 e. The van der Waals surface area contributed by atoms with Gasteiger partial charge in [0.2, 0.25) is 5.43 Å². The molecule has 0 saturated carbocycles. The Morgan fingerprint density at radius 3 is 2.34 bits per heavy atom. The first kappa shape index (κ1) is 22.8. The first-order chi connectivity index (χ1) is 15.4. The quantitative estimate of drug-likeness (QED) is 0.572. The molecule has 32 heavy (non-hydrogen) atoms. The zero-order valence-corrected chi connectivity index (χ0v) is 18.4. The van der Waals surface area contributed by atoms with Gasteiger partial charge < -0.3 is 19.9 Å². The number of rotatable bonds is 8. The van der Waals surface area contributed by atoms with Crippen LogP contribution in [0.5, 0.6) is 5.75 Å². The summed E-state index contributed by atoms with van der Waals surface area (Å²) < 4.78 is 6.95. The zero-order chi connectivity index (χ0) is 23.1. The van der Waals surface area contributed by atoms with Gasteiger partial charge in [0.05, 0.1) is 13.2 Å². The number of methoxy groups -OCH3 is 1. The van der Waals surface area contributed by atoms with Crippen molar-refractivity contribution in [1.29, 1.82) is 0 Å². The topological polar surface area (TPSA) is 89.4 Å². The van der Waals surface area contributed by atoms with Gasteiger partial charge in [0.25, 0.3) is 11.8 Å². The number of nitrogens with zero attached hydrogens (tertiary/aromatic N) is 1. The molecule has 166 valence electrons. The summed E-state index contributed by atoms with van der Waals surface area (Å²) >= 11 is 0. The van der Waals surface area contributed by atoms with E-state index in [1.165, 1.54) is 19.4 Å². The second kappa shape index (κ2) is 10.4. The van der Waals surface area contributed by atoms with E-state index in [4.69, 9.17) is 4.74 Å². The van der Waals surface area contributed by atoms with Gasteiger partial charge in [-0.1, -0.05) is 42.5 Å². The third-order valence-electron chi connectivity index (χ3n) is 5.24. The lowest BCUT2D eigenvalue weighted by atomic mass is 10.1. The molecule has 0 saturated heterocycles. The lowest BCUT2D eigenvalue weighted by Crippen LogP contribution is -2.35. The van der Waals surface area contributed by atoms with Gasteiger partial charge in [-0.3, -0.25) is 14.4 Å². The highest BCUT2D eigenvalue weighted by atomic mass is 16.5. The van der Waals surface area contributed by atoms with Crippen molar-refractivity contribution in [3.63, 3.8) is 0 Å². The van der Waals surface area contributed by atoms with Gasteiger partial charge in [-0.25, -0.2) is 0 Å². The Kier molecular flexibility index (Phi) is 7.44. The number of amides is 2. The minimum Gasteiger partial charge on any atom is -0.497 e. The molecule has 0 spiro atoms. The predicted octanol–water partition coefficient (Wildman–Crippen LogP) is 2.95. The molecule has 2 N–H and O–H groups in total. The molecular formula is C25H27N3O4. The van der Waals surface area contributed by atoms with Crippen molar-refractivity contribution in [3.8, 4) is 5.75 Å². The number of nitrogens with one attached hydrogen (secondary N) is 2. The molecule has 0 radical (unpaired) electrons. The monoisotopic (exact) mass is 433 g/mol. The van der Waals surface area contributed by atoms with E-state index in [2.05, 4.69) is 10.6 Å². The van der Waals surface area contributed by atoms with Crippen molar-refractivity contribution < 1.29 is 14.3 Å². The molecule has 1 atom stereocenters. The van der Waals surface area contributed by atoms with Gasteiger partial charge in [0, 0.05) is 26.0 Å². The summed E-state index contributed by atoms with van der Waals surface area (Å²) in [6, 6.07) is 16.8. The van der Waals surface area contributed by atoms with Crippen LogP contribution in [0.4, 0.5) is 0 Å². The SMILES string of the molecule is CNC(=O)c1cn(CCc2ccccc2)cc(C(=O)N[C@H](C)c2cccc(OC)c2)c1=O. The van der Waals surface area contributed by atoms with Gasteiger partial charge >= 0.3 is 0 Å². The normalized spacial score (nSPS) is 11.5. The molecule has 0 aliphatic carbocycles. The number of aromatic nitrogens is 1. The second-order valence-electron chi connectivity index (χ2n) is 7.44. The van der Waals surface area contributed by atoms with Gasteiger partial charge in [-0.05, 0) is 36.6 Å². The molecule has 0 aliphatic rings. The molecule has 2 amide bonds. The third-order valence-corrected chi connectivity index (χ3v) is 5.24. The average molecular weight is 434 g/mol. The molecule has 3 aromatic rings.